The van der Waals surface area contributed by atoms with Crippen LogP contribution in [-0.2, 0) is 0 Å². The van der Waals surface area contributed by atoms with Crippen molar-refractivity contribution in [1.29, 1.82) is 0 Å². The molecule has 0 unspecified atom stereocenters. The standard InChI is InChI=1S/C22H21NO2/c1-16-12-14-18(15-13-16)21(17-8-4-3-5-9-17)23-22(24)19-10-6-7-11-20(19)25-2/h3-15,21H,1-2H3,(H,23,24)/t21-/m1/s1. The van der Waals surface area contributed by atoms with Gasteiger partial charge in [0.2, 0.25) is 0 Å². The molecule has 3 aromatic carbocycles. The van der Waals surface area contributed by atoms with Crippen LogP contribution in [0.3, 0.4) is 0 Å². The lowest BCUT2D eigenvalue weighted by Gasteiger charge is -2.21. The molecule has 3 rings (SSSR count). The molecule has 0 saturated heterocycles. The number of carbonyl (C=O) groups excluding carboxylic acids is 1. The summed E-state index contributed by atoms with van der Waals surface area (Å²) in [6.45, 7) is 2.05. The molecule has 0 aliphatic carbocycles. The molecule has 0 aliphatic rings. The number of hydrogen-bond acceptors (Lipinski definition) is 2. The molecule has 3 aromatic rings. The fourth-order valence-corrected chi connectivity index (χ4v) is 2.80. The number of nitrogens with one attached hydrogen (secondary N) is 1. The molecule has 0 bridgehead atoms. The first-order valence-corrected chi connectivity index (χ1v) is 8.24. The SMILES string of the molecule is COc1ccccc1C(=O)N[C@H](c1ccccc1)c1ccc(C)cc1. The number of carbonyl (C=O) groups is 1. The second-order valence-electron chi connectivity index (χ2n) is 5.93. The smallest absolute Gasteiger partial charge is 0.255 e. The molecular formula is C22H21NO2. The Morgan fingerprint density at radius 2 is 1.44 bits per heavy atom. The van der Waals surface area contributed by atoms with Gasteiger partial charge in [-0.2, -0.15) is 0 Å². The fraction of sp³-hybridized carbons (Fsp3) is 0.136. The Morgan fingerprint density at radius 1 is 0.840 bits per heavy atom. The molecular weight excluding hydrogens is 310 g/mol. The number of rotatable bonds is 5. The molecule has 0 spiro atoms. The molecule has 3 nitrogen and oxygen atoms in total. The highest BCUT2D eigenvalue weighted by Gasteiger charge is 2.19. The Morgan fingerprint density at radius 3 is 2.12 bits per heavy atom. The van der Waals surface area contributed by atoms with Crippen molar-refractivity contribution >= 4 is 5.91 Å². The molecule has 1 atom stereocenters. The molecule has 1 amide bonds. The van der Waals surface area contributed by atoms with Crippen molar-refractivity contribution in [2.24, 2.45) is 0 Å². The zero-order chi connectivity index (χ0) is 17.6. The molecule has 0 fully saturated rings. The molecule has 0 aromatic heterocycles. The highest BCUT2D eigenvalue weighted by molar-refractivity contribution is 5.97. The summed E-state index contributed by atoms with van der Waals surface area (Å²) in [5.41, 5.74) is 3.79. The van der Waals surface area contributed by atoms with E-state index < -0.39 is 0 Å². The largest absolute Gasteiger partial charge is 0.496 e. The number of ether oxygens (including phenoxy) is 1. The molecule has 0 saturated carbocycles. The summed E-state index contributed by atoms with van der Waals surface area (Å²) in [5.74, 6) is 0.405. The predicted octanol–water partition coefficient (Wildman–Crippen LogP) is 4.52. The van der Waals surface area contributed by atoms with E-state index in [4.69, 9.17) is 4.74 Å². The Bertz CT molecular complexity index is 841. The molecule has 0 radical (unpaired) electrons. The minimum atomic E-state index is -0.223. The van der Waals surface area contributed by atoms with Gasteiger partial charge in [0.25, 0.3) is 5.91 Å². The van der Waals surface area contributed by atoms with E-state index in [-0.39, 0.29) is 11.9 Å². The van der Waals surface area contributed by atoms with Gasteiger partial charge in [-0.05, 0) is 30.2 Å². The third-order valence-corrected chi connectivity index (χ3v) is 4.17. The van der Waals surface area contributed by atoms with E-state index >= 15 is 0 Å². The lowest BCUT2D eigenvalue weighted by atomic mass is 9.97. The minimum absolute atomic E-state index is 0.160. The quantitative estimate of drug-likeness (QED) is 0.746. The summed E-state index contributed by atoms with van der Waals surface area (Å²) in [5, 5.41) is 3.14. The van der Waals surface area contributed by atoms with E-state index in [0.29, 0.717) is 11.3 Å². The van der Waals surface area contributed by atoms with Gasteiger partial charge in [-0.25, -0.2) is 0 Å². The van der Waals surface area contributed by atoms with E-state index in [1.165, 1.54) is 5.56 Å². The Labute approximate surface area is 148 Å². The Kier molecular flexibility index (Phi) is 5.14. The second-order valence-corrected chi connectivity index (χ2v) is 5.93. The van der Waals surface area contributed by atoms with Crippen LogP contribution in [0.1, 0.15) is 33.1 Å². The fourth-order valence-electron chi connectivity index (χ4n) is 2.80. The minimum Gasteiger partial charge on any atom is -0.496 e. The molecule has 126 valence electrons. The average Bonchev–Trinajstić information content (AvgIpc) is 2.67. The topological polar surface area (TPSA) is 38.3 Å². The number of hydrogen-bond donors (Lipinski definition) is 1. The van der Waals surface area contributed by atoms with Gasteiger partial charge in [-0.3, -0.25) is 4.79 Å². The maximum atomic E-state index is 12.9. The molecule has 1 N–H and O–H groups in total. The number of aryl methyl sites for hydroxylation is 1. The summed E-state index contributed by atoms with van der Waals surface area (Å²) in [6, 6.07) is 25.2. The van der Waals surface area contributed by atoms with Crippen LogP contribution in [0.5, 0.6) is 5.75 Å². The van der Waals surface area contributed by atoms with Crippen molar-refractivity contribution in [3.63, 3.8) is 0 Å². The highest BCUT2D eigenvalue weighted by Crippen LogP contribution is 2.24. The van der Waals surface area contributed by atoms with Crippen LogP contribution in [-0.4, -0.2) is 13.0 Å². The lowest BCUT2D eigenvalue weighted by Crippen LogP contribution is -2.29. The average molecular weight is 331 g/mol. The van der Waals surface area contributed by atoms with Crippen molar-refractivity contribution in [2.75, 3.05) is 7.11 Å². The van der Waals surface area contributed by atoms with Crippen LogP contribution in [0.4, 0.5) is 0 Å². The van der Waals surface area contributed by atoms with Gasteiger partial charge in [-0.15, -0.1) is 0 Å². The first kappa shape index (κ1) is 16.8. The zero-order valence-electron chi connectivity index (χ0n) is 14.4. The zero-order valence-corrected chi connectivity index (χ0v) is 14.4. The molecule has 0 aliphatic heterocycles. The Balaban J connectivity index is 1.95. The maximum absolute atomic E-state index is 12.9. The summed E-state index contributed by atoms with van der Waals surface area (Å²) in [7, 11) is 1.57. The van der Waals surface area contributed by atoms with Crippen LogP contribution in [0.2, 0.25) is 0 Å². The normalized spacial score (nSPS) is 11.6. The monoisotopic (exact) mass is 331 g/mol. The lowest BCUT2D eigenvalue weighted by molar-refractivity contribution is 0.0940. The van der Waals surface area contributed by atoms with Gasteiger partial charge >= 0.3 is 0 Å². The summed E-state index contributed by atoms with van der Waals surface area (Å²) in [6.07, 6.45) is 0. The summed E-state index contributed by atoms with van der Waals surface area (Å²) in [4.78, 5) is 12.9. The van der Waals surface area contributed by atoms with E-state index in [1.807, 2.05) is 42.5 Å². The van der Waals surface area contributed by atoms with Crippen LogP contribution < -0.4 is 10.1 Å². The number of para-hydroxylation sites is 1. The molecule has 3 heteroatoms. The highest BCUT2D eigenvalue weighted by atomic mass is 16.5. The first-order valence-electron chi connectivity index (χ1n) is 8.24. The first-order chi connectivity index (χ1) is 12.2. The van der Waals surface area contributed by atoms with Crippen LogP contribution in [0.25, 0.3) is 0 Å². The van der Waals surface area contributed by atoms with Crippen molar-refractivity contribution in [3.05, 3.63) is 101 Å². The maximum Gasteiger partial charge on any atom is 0.255 e. The number of amides is 1. The molecule has 25 heavy (non-hydrogen) atoms. The van der Waals surface area contributed by atoms with E-state index in [9.17, 15) is 4.79 Å². The number of methoxy groups -OCH3 is 1. The van der Waals surface area contributed by atoms with Gasteiger partial charge in [0.05, 0.1) is 18.7 Å². The van der Waals surface area contributed by atoms with Gasteiger partial charge in [0.15, 0.2) is 0 Å². The van der Waals surface area contributed by atoms with Crippen LogP contribution in [0, 0.1) is 6.92 Å². The van der Waals surface area contributed by atoms with Gasteiger partial charge in [0, 0.05) is 0 Å². The third-order valence-electron chi connectivity index (χ3n) is 4.17. The van der Waals surface area contributed by atoms with E-state index in [2.05, 4.69) is 36.5 Å². The van der Waals surface area contributed by atoms with Gasteiger partial charge in [0.1, 0.15) is 5.75 Å². The van der Waals surface area contributed by atoms with Crippen molar-refractivity contribution < 1.29 is 9.53 Å². The van der Waals surface area contributed by atoms with Crippen LogP contribution in [0.15, 0.2) is 78.9 Å². The summed E-state index contributed by atoms with van der Waals surface area (Å²) >= 11 is 0. The predicted molar refractivity (Wildman–Crippen MR) is 99.9 cm³/mol. The third kappa shape index (κ3) is 3.89. The van der Waals surface area contributed by atoms with Gasteiger partial charge in [-0.1, -0.05) is 72.3 Å². The van der Waals surface area contributed by atoms with Crippen molar-refractivity contribution in [2.45, 2.75) is 13.0 Å². The molecule has 0 heterocycles. The van der Waals surface area contributed by atoms with Crippen molar-refractivity contribution in [3.8, 4) is 5.75 Å². The van der Waals surface area contributed by atoms with E-state index in [0.717, 1.165) is 11.1 Å². The van der Waals surface area contributed by atoms with Gasteiger partial charge < -0.3 is 10.1 Å². The second kappa shape index (κ2) is 7.67. The summed E-state index contributed by atoms with van der Waals surface area (Å²) < 4.78 is 5.31. The van der Waals surface area contributed by atoms with Crippen molar-refractivity contribution in [1.82, 2.24) is 5.32 Å². The Hall–Kier alpha value is -3.07. The number of benzene rings is 3. The van der Waals surface area contributed by atoms with E-state index in [1.54, 1.807) is 19.2 Å². The van der Waals surface area contributed by atoms with Crippen LogP contribution >= 0.6 is 0 Å².